The van der Waals surface area contributed by atoms with Gasteiger partial charge in [-0.3, -0.25) is 0 Å². The van der Waals surface area contributed by atoms with Gasteiger partial charge in [0.05, 0.1) is 21.5 Å². The minimum absolute atomic E-state index is 0.113. The molecule has 0 saturated carbocycles. The fraction of sp³-hybridized carbons (Fsp3) is 0.222. The van der Waals surface area contributed by atoms with Gasteiger partial charge in [0.1, 0.15) is 0 Å². The summed E-state index contributed by atoms with van der Waals surface area (Å²) in [6.45, 7) is -0.378. The number of benzene rings is 2. The topological polar surface area (TPSA) is 26.0 Å². The minimum atomic E-state index is -4.81. The lowest BCUT2D eigenvalue weighted by molar-refractivity contribution is -0.140. The third-order valence-corrected chi connectivity index (χ3v) is 4.41. The van der Waals surface area contributed by atoms with Gasteiger partial charge in [0, 0.05) is 6.54 Å². The van der Waals surface area contributed by atoms with E-state index in [1.807, 2.05) is 0 Å². The molecular weight excluding hydrogens is 434 g/mol. The molecule has 2 N–H and O–H groups in total. The molecule has 152 valence electrons. The van der Waals surface area contributed by atoms with Crippen molar-refractivity contribution in [1.82, 2.24) is 0 Å². The van der Waals surface area contributed by atoms with E-state index >= 15 is 0 Å². The maximum absolute atomic E-state index is 13.5. The van der Waals surface area contributed by atoms with E-state index in [-0.39, 0.29) is 17.7 Å². The first-order valence-corrected chi connectivity index (χ1v) is 8.39. The van der Waals surface area contributed by atoms with Crippen molar-refractivity contribution in [2.45, 2.75) is 24.8 Å². The SMILES string of the molecule is NCc1ccc(/C=C/C(c2cc(Cl)c(F)c(Cl)c2)C(F)(F)F)cc1C(F)(F)F. The Hall–Kier alpha value is -1.77. The second-order valence-corrected chi connectivity index (χ2v) is 6.61. The Balaban J connectivity index is 2.48. The average molecular weight is 446 g/mol. The van der Waals surface area contributed by atoms with E-state index in [2.05, 4.69) is 0 Å². The molecule has 0 radical (unpaired) electrons. The molecule has 0 aliphatic rings. The molecule has 0 bridgehead atoms. The van der Waals surface area contributed by atoms with Gasteiger partial charge in [0.2, 0.25) is 0 Å². The molecule has 1 atom stereocenters. The molecule has 0 fully saturated rings. The van der Waals surface area contributed by atoms with Gasteiger partial charge in [-0.25, -0.2) is 4.39 Å². The lowest BCUT2D eigenvalue weighted by Crippen LogP contribution is -2.19. The highest BCUT2D eigenvalue weighted by atomic mass is 35.5. The predicted molar refractivity (Wildman–Crippen MR) is 93.6 cm³/mol. The van der Waals surface area contributed by atoms with E-state index in [0.717, 1.165) is 24.3 Å². The zero-order chi connectivity index (χ0) is 21.3. The van der Waals surface area contributed by atoms with Crippen LogP contribution in [0.2, 0.25) is 10.0 Å². The summed E-state index contributed by atoms with van der Waals surface area (Å²) < 4.78 is 93.0. The van der Waals surface area contributed by atoms with E-state index in [9.17, 15) is 30.7 Å². The molecule has 0 amide bonds. The smallest absolute Gasteiger partial charge is 0.326 e. The molecule has 0 aliphatic heterocycles. The quantitative estimate of drug-likeness (QED) is 0.399. The van der Waals surface area contributed by atoms with E-state index in [1.165, 1.54) is 6.07 Å². The molecule has 1 unspecified atom stereocenters. The van der Waals surface area contributed by atoms with Crippen molar-refractivity contribution in [2.75, 3.05) is 0 Å². The summed E-state index contributed by atoms with van der Waals surface area (Å²) in [5.41, 5.74) is 3.49. The van der Waals surface area contributed by atoms with Crippen LogP contribution in [0.4, 0.5) is 30.7 Å². The van der Waals surface area contributed by atoms with Crippen molar-refractivity contribution >= 4 is 29.3 Å². The lowest BCUT2D eigenvalue weighted by Gasteiger charge is -2.18. The van der Waals surface area contributed by atoms with Crippen molar-refractivity contribution in [3.63, 3.8) is 0 Å². The molecule has 10 heteroatoms. The number of halogens is 9. The first-order chi connectivity index (χ1) is 12.8. The van der Waals surface area contributed by atoms with Crippen LogP contribution in [0.15, 0.2) is 36.4 Å². The highest BCUT2D eigenvalue weighted by Crippen LogP contribution is 2.40. The Kier molecular flexibility index (Phi) is 6.68. The molecule has 28 heavy (non-hydrogen) atoms. The predicted octanol–water partition coefficient (Wildman–Crippen LogP) is 6.97. The molecule has 2 aromatic carbocycles. The molecular formula is C18H12Cl2F7N. The summed E-state index contributed by atoms with van der Waals surface area (Å²) in [7, 11) is 0. The van der Waals surface area contributed by atoms with Crippen molar-refractivity contribution in [3.8, 4) is 0 Å². The van der Waals surface area contributed by atoms with Crippen LogP contribution in [0.1, 0.15) is 28.2 Å². The largest absolute Gasteiger partial charge is 0.416 e. The monoisotopic (exact) mass is 445 g/mol. The number of rotatable bonds is 4. The fourth-order valence-corrected chi connectivity index (χ4v) is 3.01. The van der Waals surface area contributed by atoms with Crippen molar-refractivity contribution in [2.24, 2.45) is 5.73 Å². The van der Waals surface area contributed by atoms with Gasteiger partial charge in [-0.1, -0.05) is 47.5 Å². The Morgan fingerprint density at radius 2 is 1.54 bits per heavy atom. The lowest BCUT2D eigenvalue weighted by atomic mass is 9.96. The molecule has 0 aliphatic carbocycles. The van der Waals surface area contributed by atoms with E-state index in [0.29, 0.717) is 12.1 Å². The number of hydrogen-bond acceptors (Lipinski definition) is 1. The molecule has 0 spiro atoms. The standard InChI is InChI=1S/C18H12Cl2F7N/c19-14-6-11(7-15(20)16(14)21)12(17(22,23)24)4-2-9-1-3-10(8-28)13(5-9)18(25,26)27/h1-7,12H,8,28H2/b4-2+. The molecule has 1 nitrogen and oxygen atoms in total. The third kappa shape index (κ3) is 5.18. The molecule has 2 rings (SSSR count). The van der Waals surface area contributed by atoms with E-state index < -0.39 is 45.3 Å². The number of alkyl halides is 6. The van der Waals surface area contributed by atoms with Crippen LogP contribution in [-0.4, -0.2) is 6.18 Å². The summed E-state index contributed by atoms with van der Waals surface area (Å²) in [5.74, 6) is -3.32. The number of allylic oxidation sites excluding steroid dienone is 1. The van der Waals surface area contributed by atoms with Crippen molar-refractivity contribution in [3.05, 3.63) is 74.5 Å². The number of nitrogens with two attached hydrogens (primary N) is 1. The second-order valence-electron chi connectivity index (χ2n) is 5.80. The first-order valence-electron chi connectivity index (χ1n) is 7.64. The third-order valence-electron chi connectivity index (χ3n) is 3.86. The van der Waals surface area contributed by atoms with Gasteiger partial charge < -0.3 is 5.73 Å². The van der Waals surface area contributed by atoms with Crippen LogP contribution in [0.5, 0.6) is 0 Å². The highest BCUT2D eigenvalue weighted by Gasteiger charge is 2.39. The average Bonchev–Trinajstić information content (AvgIpc) is 2.57. The van der Waals surface area contributed by atoms with E-state index in [1.54, 1.807) is 0 Å². The van der Waals surface area contributed by atoms with Crippen LogP contribution < -0.4 is 5.73 Å². The summed E-state index contributed by atoms with van der Waals surface area (Å²) in [5, 5.41) is -1.20. The molecule has 0 saturated heterocycles. The highest BCUT2D eigenvalue weighted by molar-refractivity contribution is 6.35. The Bertz CT molecular complexity index is 865. The maximum Gasteiger partial charge on any atom is 0.416 e. The normalized spacial score (nSPS) is 13.9. The van der Waals surface area contributed by atoms with Gasteiger partial charge in [-0.05, 0) is 34.9 Å². The summed E-state index contributed by atoms with van der Waals surface area (Å²) >= 11 is 11.1. The fourth-order valence-electron chi connectivity index (χ4n) is 2.51. The van der Waals surface area contributed by atoms with Crippen LogP contribution in [-0.2, 0) is 12.7 Å². The van der Waals surface area contributed by atoms with Crippen LogP contribution in [0.3, 0.4) is 0 Å². The van der Waals surface area contributed by atoms with Gasteiger partial charge >= 0.3 is 12.4 Å². The van der Waals surface area contributed by atoms with Gasteiger partial charge in [-0.2, -0.15) is 26.3 Å². The first kappa shape index (κ1) is 22.5. The van der Waals surface area contributed by atoms with Crippen LogP contribution in [0, 0.1) is 5.82 Å². The van der Waals surface area contributed by atoms with Crippen molar-refractivity contribution in [1.29, 1.82) is 0 Å². The van der Waals surface area contributed by atoms with Crippen LogP contribution in [0.25, 0.3) is 6.08 Å². The van der Waals surface area contributed by atoms with Crippen LogP contribution >= 0.6 is 23.2 Å². The zero-order valence-corrected chi connectivity index (χ0v) is 15.3. The van der Waals surface area contributed by atoms with Gasteiger partial charge in [0.25, 0.3) is 0 Å². The number of hydrogen-bond donors (Lipinski definition) is 1. The van der Waals surface area contributed by atoms with Crippen molar-refractivity contribution < 1.29 is 30.7 Å². The minimum Gasteiger partial charge on any atom is -0.326 e. The summed E-state index contributed by atoms with van der Waals surface area (Å²) in [4.78, 5) is 0. The Morgan fingerprint density at radius 3 is 2.00 bits per heavy atom. The van der Waals surface area contributed by atoms with Gasteiger partial charge in [-0.15, -0.1) is 0 Å². The summed E-state index contributed by atoms with van der Waals surface area (Å²) in [6, 6.07) is 4.55. The second kappa shape index (κ2) is 8.31. The van der Waals surface area contributed by atoms with E-state index in [4.69, 9.17) is 28.9 Å². The Morgan fingerprint density at radius 1 is 0.964 bits per heavy atom. The zero-order valence-electron chi connectivity index (χ0n) is 13.8. The molecule has 2 aromatic rings. The molecule has 0 heterocycles. The summed E-state index contributed by atoms with van der Waals surface area (Å²) in [6.07, 6.45) is -7.98. The Labute approximate surface area is 165 Å². The molecule has 0 aromatic heterocycles. The maximum atomic E-state index is 13.5. The van der Waals surface area contributed by atoms with Gasteiger partial charge in [0.15, 0.2) is 5.82 Å².